The normalized spacial score (nSPS) is 14.6. The molecular weight excluding hydrogens is 330 g/mol. The van der Waals surface area contributed by atoms with Gasteiger partial charge in [0.1, 0.15) is 4.90 Å². The zero-order valence-electron chi connectivity index (χ0n) is 13.5. The molecular formula is C16H19N3O4S. The van der Waals surface area contributed by atoms with E-state index in [0.29, 0.717) is 12.2 Å². The molecule has 1 aromatic heterocycles. The van der Waals surface area contributed by atoms with E-state index in [-0.39, 0.29) is 22.1 Å². The maximum atomic E-state index is 13.1. The van der Waals surface area contributed by atoms with Crippen molar-refractivity contribution in [1.29, 1.82) is 0 Å². The number of carbonyl (C=O) groups is 1. The average Bonchev–Trinajstić information content (AvgIpc) is 3.32. The van der Waals surface area contributed by atoms with Crippen molar-refractivity contribution in [3.8, 4) is 0 Å². The molecule has 1 aromatic carbocycles. The molecule has 7 nitrogen and oxygen atoms in total. The van der Waals surface area contributed by atoms with Crippen LogP contribution in [0.2, 0.25) is 0 Å². The van der Waals surface area contributed by atoms with Gasteiger partial charge in [-0.15, -0.1) is 0 Å². The zero-order valence-corrected chi connectivity index (χ0v) is 14.3. The van der Waals surface area contributed by atoms with Crippen LogP contribution in [0.3, 0.4) is 0 Å². The third-order valence-corrected chi connectivity index (χ3v) is 5.94. The molecule has 128 valence electrons. The third kappa shape index (κ3) is 2.77. The fourth-order valence-electron chi connectivity index (χ4n) is 2.62. The highest BCUT2D eigenvalue weighted by Crippen LogP contribution is 2.42. The standard InChI is InChI=1S/C16H19N3O4S/c1-3-19-10-14(15(17-19)11-8-9-11)24(22,23)18(2)13-7-5-4-6-12(13)16(20)21/h4-7,10-11H,3,8-9H2,1-2H3,(H,20,21). The van der Waals surface area contributed by atoms with Gasteiger partial charge in [0.05, 0.1) is 16.9 Å². The summed E-state index contributed by atoms with van der Waals surface area (Å²) in [7, 11) is -2.51. The van der Waals surface area contributed by atoms with Gasteiger partial charge in [0.2, 0.25) is 0 Å². The Bertz CT molecular complexity index is 884. The van der Waals surface area contributed by atoms with Gasteiger partial charge in [-0.3, -0.25) is 8.99 Å². The molecule has 0 bridgehead atoms. The summed E-state index contributed by atoms with van der Waals surface area (Å²) >= 11 is 0. The van der Waals surface area contributed by atoms with Crippen LogP contribution in [0.5, 0.6) is 0 Å². The molecule has 1 N–H and O–H groups in total. The summed E-state index contributed by atoms with van der Waals surface area (Å²) in [6.07, 6.45) is 3.39. The van der Waals surface area contributed by atoms with Crippen molar-refractivity contribution in [3.63, 3.8) is 0 Å². The highest BCUT2D eigenvalue weighted by atomic mass is 32.2. The lowest BCUT2D eigenvalue weighted by molar-refractivity contribution is 0.0698. The van der Waals surface area contributed by atoms with E-state index in [4.69, 9.17) is 0 Å². The molecule has 0 unspecified atom stereocenters. The van der Waals surface area contributed by atoms with E-state index in [0.717, 1.165) is 17.1 Å². The Morgan fingerprint density at radius 1 is 1.38 bits per heavy atom. The molecule has 3 rings (SSSR count). The SMILES string of the molecule is CCn1cc(S(=O)(=O)N(C)c2ccccc2C(=O)O)c(C2CC2)n1. The summed E-state index contributed by atoms with van der Waals surface area (Å²) in [5, 5.41) is 13.7. The first-order chi connectivity index (χ1) is 11.4. The van der Waals surface area contributed by atoms with Crippen molar-refractivity contribution >= 4 is 21.7 Å². The van der Waals surface area contributed by atoms with E-state index in [2.05, 4.69) is 5.10 Å². The molecule has 1 saturated carbocycles. The smallest absolute Gasteiger partial charge is 0.337 e. The van der Waals surface area contributed by atoms with Crippen LogP contribution in [-0.4, -0.2) is 36.3 Å². The summed E-state index contributed by atoms with van der Waals surface area (Å²) < 4.78 is 28.8. The van der Waals surface area contributed by atoms with Crippen molar-refractivity contribution < 1.29 is 18.3 Å². The molecule has 1 fully saturated rings. The number of sulfonamides is 1. The predicted octanol–water partition coefficient (Wildman–Crippen LogP) is 2.30. The minimum atomic E-state index is -3.89. The molecule has 1 aliphatic carbocycles. The Hall–Kier alpha value is -2.35. The number of aryl methyl sites for hydroxylation is 1. The van der Waals surface area contributed by atoms with Crippen molar-refractivity contribution in [3.05, 3.63) is 41.7 Å². The highest BCUT2D eigenvalue weighted by molar-refractivity contribution is 7.92. The lowest BCUT2D eigenvalue weighted by Gasteiger charge is -2.21. The van der Waals surface area contributed by atoms with Crippen molar-refractivity contribution in [2.24, 2.45) is 0 Å². The van der Waals surface area contributed by atoms with Gasteiger partial charge < -0.3 is 5.11 Å². The van der Waals surface area contributed by atoms with Gasteiger partial charge >= 0.3 is 5.97 Å². The van der Waals surface area contributed by atoms with Crippen LogP contribution in [0.4, 0.5) is 5.69 Å². The van der Waals surface area contributed by atoms with Crippen LogP contribution in [-0.2, 0) is 16.6 Å². The third-order valence-electron chi connectivity index (χ3n) is 4.16. The molecule has 1 heterocycles. The van der Waals surface area contributed by atoms with Crippen LogP contribution >= 0.6 is 0 Å². The Labute approximate surface area is 140 Å². The number of carboxylic acids is 1. The number of aromatic nitrogens is 2. The topological polar surface area (TPSA) is 92.5 Å². The fraction of sp³-hybridized carbons (Fsp3) is 0.375. The number of aromatic carboxylic acids is 1. The number of nitrogens with zero attached hydrogens (tertiary/aromatic N) is 3. The summed E-state index contributed by atoms with van der Waals surface area (Å²) in [5.41, 5.74) is 0.659. The van der Waals surface area contributed by atoms with Crippen LogP contribution in [0.15, 0.2) is 35.4 Å². The van der Waals surface area contributed by atoms with Gasteiger partial charge in [0, 0.05) is 25.7 Å². The molecule has 0 radical (unpaired) electrons. The van der Waals surface area contributed by atoms with Crippen molar-refractivity contribution in [2.75, 3.05) is 11.4 Å². The summed E-state index contributed by atoms with van der Waals surface area (Å²) in [6.45, 7) is 2.47. The molecule has 0 saturated heterocycles. The maximum absolute atomic E-state index is 13.1. The molecule has 0 spiro atoms. The number of carboxylic acid groups (broad SMARTS) is 1. The summed E-state index contributed by atoms with van der Waals surface area (Å²) in [6, 6.07) is 6.06. The van der Waals surface area contributed by atoms with Gasteiger partial charge in [-0.2, -0.15) is 5.10 Å². The molecule has 24 heavy (non-hydrogen) atoms. The molecule has 0 aliphatic heterocycles. The first kappa shape index (κ1) is 16.5. The minimum Gasteiger partial charge on any atom is -0.478 e. The van der Waals surface area contributed by atoms with Crippen molar-refractivity contribution in [2.45, 2.75) is 37.1 Å². The number of para-hydroxylation sites is 1. The molecule has 0 atom stereocenters. The van der Waals surface area contributed by atoms with Crippen LogP contribution in [0.25, 0.3) is 0 Å². The Balaban J connectivity index is 2.08. The summed E-state index contributed by atoms with van der Waals surface area (Å²) in [4.78, 5) is 11.5. The van der Waals surface area contributed by atoms with Gasteiger partial charge in [-0.25, -0.2) is 13.2 Å². The van der Waals surface area contributed by atoms with E-state index < -0.39 is 16.0 Å². The second-order valence-corrected chi connectivity index (χ2v) is 7.74. The van der Waals surface area contributed by atoms with Crippen LogP contribution < -0.4 is 4.31 Å². The lowest BCUT2D eigenvalue weighted by atomic mass is 10.2. The Morgan fingerprint density at radius 3 is 2.62 bits per heavy atom. The van der Waals surface area contributed by atoms with Gasteiger partial charge in [0.25, 0.3) is 10.0 Å². The van der Waals surface area contributed by atoms with E-state index >= 15 is 0 Å². The van der Waals surface area contributed by atoms with E-state index in [1.165, 1.54) is 25.4 Å². The predicted molar refractivity (Wildman–Crippen MR) is 88.9 cm³/mol. The van der Waals surface area contributed by atoms with Gasteiger partial charge in [0.15, 0.2) is 0 Å². The van der Waals surface area contributed by atoms with E-state index in [9.17, 15) is 18.3 Å². The first-order valence-electron chi connectivity index (χ1n) is 7.74. The van der Waals surface area contributed by atoms with Gasteiger partial charge in [-0.1, -0.05) is 12.1 Å². The number of benzene rings is 1. The summed E-state index contributed by atoms with van der Waals surface area (Å²) in [5.74, 6) is -0.995. The van der Waals surface area contributed by atoms with E-state index in [1.807, 2.05) is 6.92 Å². The average molecular weight is 349 g/mol. The quantitative estimate of drug-likeness (QED) is 0.864. The second kappa shape index (κ2) is 5.94. The zero-order chi connectivity index (χ0) is 17.5. The number of hydrogen-bond acceptors (Lipinski definition) is 4. The lowest BCUT2D eigenvalue weighted by Crippen LogP contribution is -2.28. The van der Waals surface area contributed by atoms with Crippen LogP contribution in [0.1, 0.15) is 41.7 Å². The largest absolute Gasteiger partial charge is 0.478 e. The monoisotopic (exact) mass is 349 g/mol. The number of hydrogen-bond donors (Lipinski definition) is 1. The van der Waals surface area contributed by atoms with E-state index in [1.54, 1.807) is 16.8 Å². The fourth-order valence-corrected chi connectivity index (χ4v) is 4.06. The van der Waals surface area contributed by atoms with Crippen molar-refractivity contribution in [1.82, 2.24) is 9.78 Å². The molecule has 1 aliphatic rings. The number of rotatable bonds is 6. The minimum absolute atomic E-state index is 0.0561. The Morgan fingerprint density at radius 2 is 2.04 bits per heavy atom. The maximum Gasteiger partial charge on any atom is 0.337 e. The highest BCUT2D eigenvalue weighted by Gasteiger charge is 2.36. The molecule has 0 amide bonds. The molecule has 2 aromatic rings. The molecule has 8 heteroatoms. The first-order valence-corrected chi connectivity index (χ1v) is 9.18. The Kier molecular flexibility index (Phi) is 4.08. The van der Waals surface area contributed by atoms with Gasteiger partial charge in [-0.05, 0) is 31.9 Å². The number of anilines is 1. The van der Waals surface area contributed by atoms with Crippen LogP contribution in [0, 0.1) is 0 Å². The second-order valence-electron chi connectivity index (χ2n) is 5.80.